The van der Waals surface area contributed by atoms with Crippen LogP contribution >= 0.6 is 0 Å². The Kier molecular flexibility index (Phi) is 2.52. The fourth-order valence-electron chi connectivity index (χ4n) is 2.16. The molecule has 0 spiro atoms. The van der Waals surface area contributed by atoms with E-state index in [9.17, 15) is 0 Å². The van der Waals surface area contributed by atoms with Crippen molar-refractivity contribution in [3.8, 4) is 0 Å². The van der Waals surface area contributed by atoms with Crippen molar-refractivity contribution >= 4 is 0 Å². The Morgan fingerprint density at radius 3 is 2.27 bits per heavy atom. The predicted octanol–water partition coefficient (Wildman–Crippen LogP) is 4.30. The summed E-state index contributed by atoms with van der Waals surface area (Å²) in [6.07, 6.45) is 11.1. The molecule has 0 nitrogen and oxygen atoms in total. The van der Waals surface area contributed by atoms with E-state index in [1.54, 1.807) is 0 Å². The Labute approximate surface area is 92.4 Å². The number of hydrogen-bond acceptors (Lipinski definition) is 0. The molecule has 0 saturated carbocycles. The Morgan fingerprint density at radius 2 is 1.53 bits per heavy atom. The molecular weight excluding hydrogens is 180 g/mol. The third kappa shape index (κ3) is 1.77. The second-order valence-electron chi connectivity index (χ2n) is 4.39. The summed E-state index contributed by atoms with van der Waals surface area (Å²) in [6, 6.07) is 0. The predicted molar refractivity (Wildman–Crippen MR) is 66.4 cm³/mol. The summed E-state index contributed by atoms with van der Waals surface area (Å²) in [5.74, 6) is 0. The maximum Gasteiger partial charge on any atom is 0.00899 e. The van der Waals surface area contributed by atoms with Gasteiger partial charge in [0.15, 0.2) is 0 Å². The third-order valence-corrected chi connectivity index (χ3v) is 3.03. The zero-order valence-electron chi connectivity index (χ0n) is 9.89. The SMILES string of the molecule is CC1=CC=C(C)C2=C(C)[CH]C=C(C)C2=C1. The summed E-state index contributed by atoms with van der Waals surface area (Å²) in [6.45, 7) is 8.71. The van der Waals surface area contributed by atoms with Gasteiger partial charge in [-0.25, -0.2) is 0 Å². The van der Waals surface area contributed by atoms with Crippen LogP contribution in [0, 0.1) is 6.42 Å². The van der Waals surface area contributed by atoms with Crippen molar-refractivity contribution < 1.29 is 0 Å². The molecule has 0 heteroatoms. The lowest BCUT2D eigenvalue weighted by atomic mass is 9.84. The Balaban J connectivity index is 2.64. The summed E-state index contributed by atoms with van der Waals surface area (Å²) in [7, 11) is 0. The summed E-state index contributed by atoms with van der Waals surface area (Å²) in [4.78, 5) is 0. The van der Waals surface area contributed by atoms with E-state index in [-0.39, 0.29) is 0 Å². The van der Waals surface area contributed by atoms with Gasteiger partial charge in [0.2, 0.25) is 0 Å². The minimum atomic E-state index is 1.32. The third-order valence-electron chi connectivity index (χ3n) is 3.03. The average molecular weight is 197 g/mol. The average Bonchev–Trinajstić information content (AvgIpc) is 2.34. The van der Waals surface area contributed by atoms with Crippen molar-refractivity contribution in [1.82, 2.24) is 0 Å². The van der Waals surface area contributed by atoms with Crippen molar-refractivity contribution in [2.75, 3.05) is 0 Å². The molecule has 0 aliphatic heterocycles. The molecule has 0 unspecified atom stereocenters. The van der Waals surface area contributed by atoms with Gasteiger partial charge in [0.25, 0.3) is 0 Å². The molecule has 77 valence electrons. The van der Waals surface area contributed by atoms with Crippen LogP contribution in [0.1, 0.15) is 27.7 Å². The van der Waals surface area contributed by atoms with E-state index in [1.165, 1.54) is 33.4 Å². The highest BCUT2D eigenvalue weighted by Gasteiger charge is 2.17. The van der Waals surface area contributed by atoms with E-state index < -0.39 is 0 Å². The van der Waals surface area contributed by atoms with E-state index in [0.29, 0.717) is 0 Å². The van der Waals surface area contributed by atoms with Crippen LogP contribution in [0.25, 0.3) is 0 Å². The van der Waals surface area contributed by atoms with Gasteiger partial charge in [0.1, 0.15) is 0 Å². The first-order valence-electron chi connectivity index (χ1n) is 5.40. The lowest BCUT2D eigenvalue weighted by Crippen LogP contribution is -2.02. The van der Waals surface area contributed by atoms with Gasteiger partial charge in [-0.3, -0.25) is 0 Å². The Bertz CT molecular complexity index is 448. The largest absolute Gasteiger partial charge is 0.0729 e. The molecule has 0 aromatic rings. The van der Waals surface area contributed by atoms with Gasteiger partial charge >= 0.3 is 0 Å². The summed E-state index contributed by atoms with van der Waals surface area (Å²) < 4.78 is 0. The van der Waals surface area contributed by atoms with Crippen LogP contribution in [-0.4, -0.2) is 0 Å². The molecule has 2 aliphatic carbocycles. The maximum atomic E-state index is 2.28. The molecule has 0 amide bonds. The van der Waals surface area contributed by atoms with Crippen molar-refractivity contribution in [3.05, 3.63) is 64.2 Å². The molecule has 0 bridgehead atoms. The molecule has 0 aromatic carbocycles. The number of hydrogen-bond donors (Lipinski definition) is 0. The smallest absolute Gasteiger partial charge is 0.00899 e. The highest BCUT2D eigenvalue weighted by atomic mass is 14.2. The lowest BCUT2D eigenvalue weighted by molar-refractivity contribution is 1.20. The molecular formula is C15H17. The van der Waals surface area contributed by atoms with Gasteiger partial charge in [0, 0.05) is 6.42 Å². The molecule has 0 aromatic heterocycles. The molecule has 0 N–H and O–H groups in total. The summed E-state index contributed by atoms with van der Waals surface area (Å²) in [5.41, 5.74) is 8.20. The van der Waals surface area contributed by atoms with Gasteiger partial charge in [-0.15, -0.1) is 0 Å². The van der Waals surface area contributed by atoms with Gasteiger partial charge < -0.3 is 0 Å². The first-order chi connectivity index (χ1) is 7.09. The summed E-state index contributed by atoms with van der Waals surface area (Å²) in [5, 5.41) is 0. The van der Waals surface area contributed by atoms with E-state index >= 15 is 0 Å². The monoisotopic (exact) mass is 197 g/mol. The molecule has 0 atom stereocenters. The highest BCUT2D eigenvalue weighted by molar-refractivity contribution is 5.65. The van der Waals surface area contributed by atoms with Crippen molar-refractivity contribution in [3.63, 3.8) is 0 Å². The molecule has 0 heterocycles. The van der Waals surface area contributed by atoms with E-state index in [0.717, 1.165) is 0 Å². The fraction of sp³-hybridized carbons (Fsp3) is 0.267. The minimum Gasteiger partial charge on any atom is -0.0729 e. The molecule has 1 radical (unpaired) electrons. The van der Waals surface area contributed by atoms with Crippen LogP contribution < -0.4 is 0 Å². The van der Waals surface area contributed by atoms with Crippen LogP contribution in [0.2, 0.25) is 0 Å². The van der Waals surface area contributed by atoms with Crippen LogP contribution in [0.4, 0.5) is 0 Å². The van der Waals surface area contributed by atoms with Crippen LogP contribution in [-0.2, 0) is 0 Å². The van der Waals surface area contributed by atoms with E-state index in [4.69, 9.17) is 0 Å². The van der Waals surface area contributed by atoms with Gasteiger partial charge in [-0.2, -0.15) is 0 Å². The standard InChI is InChI=1S/C15H17/c1-10-5-6-12(3)15-13(4)8-7-11(2)14(15)9-10/h5-9H,1-4H3. The highest BCUT2D eigenvalue weighted by Crippen LogP contribution is 2.35. The topological polar surface area (TPSA) is 0 Å². The molecule has 2 rings (SSSR count). The molecule has 0 fully saturated rings. The molecule has 0 saturated heterocycles. The van der Waals surface area contributed by atoms with Crippen molar-refractivity contribution in [1.29, 1.82) is 0 Å². The Morgan fingerprint density at radius 1 is 0.800 bits per heavy atom. The second kappa shape index (κ2) is 3.69. The van der Waals surface area contributed by atoms with Gasteiger partial charge in [0.05, 0.1) is 0 Å². The summed E-state index contributed by atoms with van der Waals surface area (Å²) >= 11 is 0. The number of fused-ring (bicyclic) bond motifs is 1. The minimum absolute atomic E-state index is 1.32. The zero-order chi connectivity index (χ0) is 11.0. The van der Waals surface area contributed by atoms with E-state index in [2.05, 4.69) is 58.4 Å². The first kappa shape index (κ1) is 10.2. The number of rotatable bonds is 0. The maximum absolute atomic E-state index is 2.28. The fourth-order valence-corrected chi connectivity index (χ4v) is 2.16. The van der Waals surface area contributed by atoms with Gasteiger partial charge in [-0.1, -0.05) is 35.5 Å². The number of allylic oxidation sites excluding steroid dienone is 10. The van der Waals surface area contributed by atoms with Crippen molar-refractivity contribution in [2.24, 2.45) is 0 Å². The van der Waals surface area contributed by atoms with E-state index in [1.807, 2.05) is 0 Å². The quantitative estimate of drug-likeness (QED) is 0.543. The van der Waals surface area contributed by atoms with Crippen LogP contribution in [0.3, 0.4) is 0 Å². The Hall–Kier alpha value is -1.30. The first-order valence-corrected chi connectivity index (χ1v) is 5.40. The second-order valence-corrected chi connectivity index (χ2v) is 4.39. The van der Waals surface area contributed by atoms with Crippen LogP contribution in [0.5, 0.6) is 0 Å². The van der Waals surface area contributed by atoms with Gasteiger partial charge in [-0.05, 0) is 50.0 Å². The molecule has 2 aliphatic rings. The molecule has 15 heavy (non-hydrogen) atoms. The lowest BCUT2D eigenvalue weighted by Gasteiger charge is -2.20. The van der Waals surface area contributed by atoms with Crippen molar-refractivity contribution in [2.45, 2.75) is 27.7 Å². The zero-order valence-corrected chi connectivity index (χ0v) is 9.89. The van der Waals surface area contributed by atoms with Crippen LogP contribution in [0.15, 0.2) is 57.7 Å². The normalized spacial score (nSPS) is 21.1.